The highest BCUT2D eigenvalue weighted by atomic mass is 16.5. The first-order valence-electron chi connectivity index (χ1n) is 6.72. The highest BCUT2D eigenvalue weighted by Gasteiger charge is 2.51. The smallest absolute Gasteiger partial charge is 0.346 e. The minimum absolute atomic E-state index is 0.287. The number of carbonyl (C=O) groups excluding carboxylic acids is 2. The Kier molecular flexibility index (Phi) is 3.01. The number of amides is 1. The lowest BCUT2D eigenvalue weighted by atomic mass is 9.83. The molecule has 0 saturated heterocycles. The van der Waals surface area contributed by atoms with Crippen molar-refractivity contribution in [3.05, 3.63) is 65.2 Å². The molecule has 106 valence electrons. The van der Waals surface area contributed by atoms with Gasteiger partial charge in [0.25, 0.3) is 0 Å². The minimum atomic E-state index is -1.27. The third-order valence-corrected chi connectivity index (χ3v) is 3.62. The summed E-state index contributed by atoms with van der Waals surface area (Å²) < 4.78 is 5.38. The van der Waals surface area contributed by atoms with E-state index in [1.165, 1.54) is 6.92 Å². The van der Waals surface area contributed by atoms with Gasteiger partial charge in [0.05, 0.1) is 0 Å². The maximum atomic E-state index is 12.6. The second-order valence-corrected chi connectivity index (χ2v) is 5.19. The molecule has 1 aliphatic rings. The van der Waals surface area contributed by atoms with Crippen LogP contribution in [0.2, 0.25) is 0 Å². The van der Waals surface area contributed by atoms with Gasteiger partial charge in [0.1, 0.15) is 5.75 Å². The third-order valence-electron chi connectivity index (χ3n) is 3.62. The van der Waals surface area contributed by atoms with E-state index >= 15 is 0 Å². The van der Waals surface area contributed by atoms with E-state index < -0.39 is 11.5 Å². The van der Waals surface area contributed by atoms with Gasteiger partial charge >= 0.3 is 5.97 Å². The van der Waals surface area contributed by atoms with E-state index in [0.717, 1.165) is 5.56 Å². The van der Waals surface area contributed by atoms with E-state index in [0.29, 0.717) is 16.9 Å². The fraction of sp³-hybridized carbons (Fsp3) is 0.176. The molecule has 0 saturated carbocycles. The Bertz CT molecular complexity index is 724. The summed E-state index contributed by atoms with van der Waals surface area (Å²) in [5.41, 5.74) is 1.09. The Labute approximate surface area is 122 Å². The van der Waals surface area contributed by atoms with Gasteiger partial charge in [-0.2, -0.15) is 0 Å². The maximum Gasteiger partial charge on any atom is 0.346 e. The molecule has 1 atom stereocenters. The zero-order valence-electron chi connectivity index (χ0n) is 11.8. The van der Waals surface area contributed by atoms with Crippen LogP contribution in [0.25, 0.3) is 0 Å². The first kappa shape index (κ1) is 13.4. The highest BCUT2D eigenvalue weighted by Crippen LogP contribution is 2.43. The summed E-state index contributed by atoms with van der Waals surface area (Å²) in [7, 11) is 0. The van der Waals surface area contributed by atoms with Crippen LogP contribution < -0.4 is 10.1 Å². The van der Waals surface area contributed by atoms with Crippen molar-refractivity contribution in [3.63, 3.8) is 0 Å². The minimum Gasteiger partial charge on any atom is -0.424 e. The van der Waals surface area contributed by atoms with E-state index in [1.54, 1.807) is 6.07 Å². The van der Waals surface area contributed by atoms with Gasteiger partial charge in [0.2, 0.25) is 5.91 Å². The number of carbonyl (C=O) groups is 2. The number of nitrogens with one attached hydrogen (secondary N) is 1. The summed E-state index contributed by atoms with van der Waals surface area (Å²) in [4.78, 5) is 24.3. The van der Waals surface area contributed by atoms with Crippen LogP contribution in [0.3, 0.4) is 0 Å². The van der Waals surface area contributed by atoms with Crippen LogP contribution in [-0.2, 0) is 15.1 Å². The molecule has 0 bridgehead atoms. The van der Waals surface area contributed by atoms with Crippen LogP contribution in [0.4, 0.5) is 0 Å². The molecule has 0 radical (unpaired) electrons. The van der Waals surface area contributed by atoms with Crippen molar-refractivity contribution in [3.8, 4) is 5.75 Å². The summed E-state index contributed by atoms with van der Waals surface area (Å²) >= 11 is 0. The van der Waals surface area contributed by atoms with E-state index in [1.807, 2.05) is 49.4 Å². The maximum absolute atomic E-state index is 12.6. The molecule has 4 nitrogen and oxygen atoms in total. The number of benzene rings is 2. The van der Waals surface area contributed by atoms with Crippen molar-refractivity contribution in [2.24, 2.45) is 0 Å². The third kappa shape index (κ3) is 2.00. The molecule has 2 aromatic rings. The van der Waals surface area contributed by atoms with Crippen LogP contribution in [0.15, 0.2) is 48.5 Å². The monoisotopic (exact) mass is 281 g/mol. The number of hydrogen-bond acceptors (Lipinski definition) is 3. The Morgan fingerprint density at radius 2 is 1.86 bits per heavy atom. The number of aryl methyl sites for hydroxylation is 1. The Balaban J connectivity index is 2.29. The lowest BCUT2D eigenvalue weighted by molar-refractivity contribution is -0.140. The summed E-state index contributed by atoms with van der Waals surface area (Å²) in [6.07, 6.45) is 0. The first-order valence-corrected chi connectivity index (χ1v) is 6.72. The van der Waals surface area contributed by atoms with Crippen molar-refractivity contribution in [1.29, 1.82) is 0 Å². The molecule has 0 aromatic heterocycles. The van der Waals surface area contributed by atoms with Crippen molar-refractivity contribution >= 4 is 11.9 Å². The molecule has 1 N–H and O–H groups in total. The molecule has 1 aliphatic heterocycles. The van der Waals surface area contributed by atoms with Crippen LogP contribution in [0, 0.1) is 6.92 Å². The summed E-state index contributed by atoms with van der Waals surface area (Å²) in [6, 6.07) is 14.7. The fourth-order valence-electron chi connectivity index (χ4n) is 2.73. The molecule has 0 fully saturated rings. The Hall–Kier alpha value is -2.62. The lowest BCUT2D eigenvalue weighted by Crippen LogP contribution is -2.50. The van der Waals surface area contributed by atoms with Crippen molar-refractivity contribution in [1.82, 2.24) is 5.32 Å². The number of esters is 1. The molecule has 0 spiro atoms. The quantitative estimate of drug-likeness (QED) is 0.679. The van der Waals surface area contributed by atoms with Crippen molar-refractivity contribution in [2.75, 3.05) is 0 Å². The number of hydrogen-bond donors (Lipinski definition) is 1. The highest BCUT2D eigenvalue weighted by molar-refractivity contribution is 5.97. The molecule has 21 heavy (non-hydrogen) atoms. The summed E-state index contributed by atoms with van der Waals surface area (Å²) in [5, 5.41) is 2.79. The number of rotatable bonds is 2. The van der Waals surface area contributed by atoms with Crippen LogP contribution in [0.5, 0.6) is 5.75 Å². The van der Waals surface area contributed by atoms with Crippen LogP contribution >= 0.6 is 0 Å². The predicted octanol–water partition coefficient (Wildman–Crippen LogP) is 2.29. The fourth-order valence-corrected chi connectivity index (χ4v) is 2.73. The zero-order chi connectivity index (χ0) is 15.0. The van der Waals surface area contributed by atoms with Gasteiger partial charge in [0, 0.05) is 12.5 Å². The molecular formula is C17H15NO3. The second kappa shape index (κ2) is 4.74. The van der Waals surface area contributed by atoms with Crippen molar-refractivity contribution < 1.29 is 14.3 Å². The van der Waals surface area contributed by atoms with Gasteiger partial charge in [-0.25, -0.2) is 4.79 Å². The van der Waals surface area contributed by atoms with Gasteiger partial charge in [-0.3, -0.25) is 4.79 Å². The van der Waals surface area contributed by atoms with Crippen LogP contribution in [-0.4, -0.2) is 11.9 Å². The lowest BCUT2D eigenvalue weighted by Gasteiger charge is -2.27. The largest absolute Gasteiger partial charge is 0.424 e. The molecule has 1 amide bonds. The van der Waals surface area contributed by atoms with Gasteiger partial charge in [-0.15, -0.1) is 0 Å². The molecule has 1 heterocycles. The van der Waals surface area contributed by atoms with E-state index in [-0.39, 0.29) is 5.91 Å². The number of fused-ring (bicyclic) bond motifs is 1. The van der Waals surface area contributed by atoms with Gasteiger partial charge in [-0.1, -0.05) is 42.0 Å². The SMILES string of the molecule is CC(=O)N[C@@]1(c2ccccc2)C(=O)Oc2ccc(C)cc21. The van der Waals surface area contributed by atoms with Gasteiger partial charge in [0.15, 0.2) is 5.54 Å². The van der Waals surface area contributed by atoms with Crippen molar-refractivity contribution in [2.45, 2.75) is 19.4 Å². The van der Waals surface area contributed by atoms with Gasteiger partial charge in [-0.05, 0) is 24.6 Å². The average Bonchev–Trinajstić information content (AvgIpc) is 2.73. The number of ether oxygens (including phenoxy) is 1. The van der Waals surface area contributed by atoms with E-state index in [4.69, 9.17) is 4.74 Å². The van der Waals surface area contributed by atoms with E-state index in [2.05, 4.69) is 5.32 Å². The Morgan fingerprint density at radius 3 is 2.52 bits per heavy atom. The Morgan fingerprint density at radius 1 is 1.14 bits per heavy atom. The van der Waals surface area contributed by atoms with E-state index in [9.17, 15) is 9.59 Å². The molecular weight excluding hydrogens is 266 g/mol. The second-order valence-electron chi connectivity index (χ2n) is 5.19. The van der Waals surface area contributed by atoms with Gasteiger partial charge < -0.3 is 10.1 Å². The zero-order valence-corrected chi connectivity index (χ0v) is 11.8. The molecule has 0 unspecified atom stereocenters. The molecule has 0 aliphatic carbocycles. The predicted molar refractivity (Wildman–Crippen MR) is 77.9 cm³/mol. The summed E-state index contributed by atoms with van der Waals surface area (Å²) in [5.74, 6) is -0.280. The topological polar surface area (TPSA) is 55.4 Å². The molecule has 3 rings (SSSR count). The molecule has 2 aromatic carbocycles. The summed E-state index contributed by atoms with van der Waals surface area (Å²) in [6.45, 7) is 3.33. The normalized spacial score (nSPS) is 19.8. The standard InChI is InChI=1S/C17H15NO3/c1-11-8-9-15-14(10-11)17(16(20)21-15,18-12(2)19)13-6-4-3-5-7-13/h3-10H,1-2H3,(H,18,19)/t17-/m1/s1. The average molecular weight is 281 g/mol. The van der Waals surface area contributed by atoms with Crippen LogP contribution in [0.1, 0.15) is 23.6 Å². The first-order chi connectivity index (χ1) is 10.0. The molecule has 4 heteroatoms.